The monoisotopic (exact) mass is 343 g/mol. The van der Waals surface area contributed by atoms with E-state index in [2.05, 4.69) is 5.32 Å². The van der Waals surface area contributed by atoms with E-state index in [4.69, 9.17) is 28.9 Å². The van der Waals surface area contributed by atoms with Crippen LogP contribution < -0.4 is 11.1 Å². The predicted molar refractivity (Wildman–Crippen MR) is 87.0 cm³/mol. The summed E-state index contributed by atoms with van der Waals surface area (Å²) < 4.78 is 0. The number of amides is 2. The molecule has 0 aromatic heterocycles. The number of primary amides is 1. The number of likely N-dealkylation sites (tertiary alicyclic amines) is 1. The Labute approximate surface area is 139 Å². The fourth-order valence-electron chi connectivity index (χ4n) is 2.60. The molecule has 1 heterocycles. The topological polar surface area (TPSA) is 75.4 Å². The van der Waals surface area contributed by atoms with E-state index in [0.29, 0.717) is 15.6 Å². The number of halogens is 2. The second-order valence-corrected chi connectivity index (χ2v) is 6.28. The van der Waals surface area contributed by atoms with Crippen molar-refractivity contribution in [1.29, 1.82) is 0 Å². The molecule has 120 valence electrons. The van der Waals surface area contributed by atoms with Crippen molar-refractivity contribution in [3.05, 3.63) is 33.8 Å². The highest BCUT2D eigenvalue weighted by atomic mass is 35.5. The molecule has 2 rings (SSSR count). The van der Waals surface area contributed by atoms with E-state index < -0.39 is 0 Å². The Morgan fingerprint density at radius 2 is 1.82 bits per heavy atom. The van der Waals surface area contributed by atoms with Gasteiger partial charge in [-0.1, -0.05) is 29.3 Å². The van der Waals surface area contributed by atoms with Crippen LogP contribution in [0.4, 0.5) is 0 Å². The van der Waals surface area contributed by atoms with Crippen LogP contribution in [-0.4, -0.2) is 42.4 Å². The zero-order valence-corrected chi connectivity index (χ0v) is 13.7. The lowest BCUT2D eigenvalue weighted by Gasteiger charge is -2.31. The first-order valence-corrected chi connectivity index (χ1v) is 7.94. The van der Waals surface area contributed by atoms with Gasteiger partial charge in [-0.25, -0.2) is 0 Å². The standard InChI is InChI=1S/C15H19Cl2N3O2/c16-12-2-1-3-13(17)11(12)8-15(22)19-10-4-6-20(7-5-10)9-14(18)21/h1-3,10H,4-9H2,(H2,18,21)(H,19,22). The Balaban J connectivity index is 1.82. The molecule has 0 bridgehead atoms. The lowest BCUT2D eigenvalue weighted by atomic mass is 10.0. The highest BCUT2D eigenvalue weighted by Gasteiger charge is 2.22. The van der Waals surface area contributed by atoms with Crippen molar-refractivity contribution in [2.45, 2.75) is 25.3 Å². The first-order valence-electron chi connectivity index (χ1n) is 7.18. The van der Waals surface area contributed by atoms with Crippen LogP contribution in [0.3, 0.4) is 0 Å². The third-order valence-electron chi connectivity index (χ3n) is 3.73. The van der Waals surface area contributed by atoms with Gasteiger partial charge in [-0.3, -0.25) is 14.5 Å². The summed E-state index contributed by atoms with van der Waals surface area (Å²) in [4.78, 5) is 25.0. The molecule has 7 heteroatoms. The van der Waals surface area contributed by atoms with E-state index >= 15 is 0 Å². The van der Waals surface area contributed by atoms with Gasteiger partial charge in [-0.15, -0.1) is 0 Å². The van der Waals surface area contributed by atoms with Gasteiger partial charge >= 0.3 is 0 Å². The van der Waals surface area contributed by atoms with Crippen molar-refractivity contribution in [2.24, 2.45) is 5.73 Å². The van der Waals surface area contributed by atoms with E-state index in [1.807, 2.05) is 4.90 Å². The van der Waals surface area contributed by atoms with Crippen molar-refractivity contribution in [3.8, 4) is 0 Å². The number of rotatable bonds is 5. The summed E-state index contributed by atoms with van der Waals surface area (Å²) in [5, 5.41) is 3.99. The van der Waals surface area contributed by atoms with E-state index in [1.165, 1.54) is 0 Å². The van der Waals surface area contributed by atoms with Crippen molar-refractivity contribution in [3.63, 3.8) is 0 Å². The minimum atomic E-state index is -0.323. The summed E-state index contributed by atoms with van der Waals surface area (Å²) >= 11 is 12.1. The van der Waals surface area contributed by atoms with Gasteiger partial charge in [0.1, 0.15) is 0 Å². The molecule has 0 unspecified atom stereocenters. The number of piperidine rings is 1. The number of hydrogen-bond donors (Lipinski definition) is 2. The molecule has 1 fully saturated rings. The molecule has 1 aromatic rings. The second-order valence-electron chi connectivity index (χ2n) is 5.46. The molecule has 0 radical (unpaired) electrons. The summed E-state index contributed by atoms with van der Waals surface area (Å²) in [5.74, 6) is -0.417. The van der Waals surface area contributed by atoms with Gasteiger partial charge in [-0.05, 0) is 30.5 Å². The van der Waals surface area contributed by atoms with Crippen LogP contribution >= 0.6 is 23.2 Å². The van der Waals surface area contributed by atoms with Crippen LogP contribution in [-0.2, 0) is 16.0 Å². The maximum absolute atomic E-state index is 12.1. The van der Waals surface area contributed by atoms with Gasteiger partial charge < -0.3 is 11.1 Å². The second kappa shape index (κ2) is 7.81. The minimum absolute atomic E-state index is 0.0941. The Kier molecular flexibility index (Phi) is 6.06. The van der Waals surface area contributed by atoms with Crippen LogP contribution in [0.5, 0.6) is 0 Å². The van der Waals surface area contributed by atoms with Crippen molar-refractivity contribution < 1.29 is 9.59 Å². The van der Waals surface area contributed by atoms with Crippen molar-refractivity contribution >= 4 is 35.0 Å². The number of nitrogens with two attached hydrogens (primary N) is 1. The maximum Gasteiger partial charge on any atom is 0.231 e. The minimum Gasteiger partial charge on any atom is -0.369 e. The Morgan fingerprint density at radius 1 is 1.23 bits per heavy atom. The van der Waals surface area contributed by atoms with Crippen LogP contribution in [0, 0.1) is 0 Å². The molecule has 0 spiro atoms. The number of nitrogens with zero attached hydrogens (tertiary/aromatic N) is 1. The van der Waals surface area contributed by atoms with E-state index in [9.17, 15) is 9.59 Å². The summed E-state index contributed by atoms with van der Waals surface area (Å²) in [5.41, 5.74) is 5.83. The molecule has 0 saturated carbocycles. The maximum atomic E-state index is 12.1. The zero-order chi connectivity index (χ0) is 16.1. The molecular formula is C15H19Cl2N3O2. The molecule has 5 nitrogen and oxygen atoms in total. The molecular weight excluding hydrogens is 325 g/mol. The largest absolute Gasteiger partial charge is 0.369 e. The molecule has 1 aliphatic rings. The predicted octanol–water partition coefficient (Wildman–Crippen LogP) is 1.60. The van der Waals surface area contributed by atoms with E-state index in [1.54, 1.807) is 18.2 Å². The number of benzene rings is 1. The molecule has 0 aliphatic carbocycles. The third-order valence-corrected chi connectivity index (χ3v) is 4.44. The number of hydrogen-bond acceptors (Lipinski definition) is 3. The summed E-state index contributed by atoms with van der Waals surface area (Å²) in [6, 6.07) is 5.30. The lowest BCUT2D eigenvalue weighted by molar-refractivity contribution is -0.122. The smallest absolute Gasteiger partial charge is 0.231 e. The number of carbonyl (C=O) groups excluding carboxylic acids is 2. The van der Waals surface area contributed by atoms with Gasteiger partial charge in [0.15, 0.2) is 0 Å². The fraction of sp³-hybridized carbons (Fsp3) is 0.467. The SMILES string of the molecule is NC(=O)CN1CCC(NC(=O)Cc2c(Cl)cccc2Cl)CC1. The number of nitrogens with one attached hydrogen (secondary N) is 1. The Bertz CT molecular complexity index is 537. The van der Waals surface area contributed by atoms with Gasteiger partial charge in [0.25, 0.3) is 0 Å². The van der Waals surface area contributed by atoms with Gasteiger partial charge in [0.2, 0.25) is 11.8 Å². The highest BCUT2D eigenvalue weighted by Crippen LogP contribution is 2.24. The number of carbonyl (C=O) groups is 2. The van der Waals surface area contributed by atoms with Crippen LogP contribution in [0.15, 0.2) is 18.2 Å². The van der Waals surface area contributed by atoms with E-state index in [-0.39, 0.29) is 30.8 Å². The average Bonchev–Trinajstić information content (AvgIpc) is 2.45. The fourth-order valence-corrected chi connectivity index (χ4v) is 3.13. The van der Waals surface area contributed by atoms with Crippen molar-refractivity contribution in [2.75, 3.05) is 19.6 Å². The first kappa shape index (κ1) is 17.1. The molecule has 3 N–H and O–H groups in total. The van der Waals surface area contributed by atoms with E-state index in [0.717, 1.165) is 25.9 Å². The Morgan fingerprint density at radius 3 is 2.36 bits per heavy atom. The summed E-state index contributed by atoms with van der Waals surface area (Å²) in [7, 11) is 0. The summed E-state index contributed by atoms with van der Waals surface area (Å²) in [6.45, 7) is 1.78. The molecule has 22 heavy (non-hydrogen) atoms. The van der Waals surface area contributed by atoms with Crippen molar-refractivity contribution in [1.82, 2.24) is 10.2 Å². The average molecular weight is 344 g/mol. The molecule has 2 amide bonds. The zero-order valence-electron chi connectivity index (χ0n) is 12.1. The highest BCUT2D eigenvalue weighted by molar-refractivity contribution is 6.36. The summed E-state index contributed by atoms with van der Waals surface area (Å²) in [6.07, 6.45) is 1.77. The lowest BCUT2D eigenvalue weighted by Crippen LogP contribution is -2.47. The normalized spacial score (nSPS) is 16.5. The molecule has 1 saturated heterocycles. The van der Waals surface area contributed by atoms with Gasteiger partial charge in [-0.2, -0.15) is 0 Å². The molecule has 0 atom stereocenters. The van der Waals surface area contributed by atoms with Crippen LogP contribution in [0.1, 0.15) is 18.4 Å². The van der Waals surface area contributed by atoms with Gasteiger partial charge in [0, 0.05) is 29.2 Å². The molecule has 1 aromatic carbocycles. The third kappa shape index (κ3) is 4.87. The van der Waals surface area contributed by atoms with Crippen LogP contribution in [0.2, 0.25) is 10.0 Å². The molecule has 1 aliphatic heterocycles. The first-order chi connectivity index (χ1) is 10.5. The van der Waals surface area contributed by atoms with Gasteiger partial charge in [0.05, 0.1) is 13.0 Å². The Hall–Kier alpha value is -1.30. The quantitative estimate of drug-likeness (QED) is 0.852. The van der Waals surface area contributed by atoms with Crippen LogP contribution in [0.25, 0.3) is 0 Å².